The number of sulfonamides is 2. The van der Waals surface area contributed by atoms with Crippen LogP contribution >= 0.6 is 0 Å². The Morgan fingerprint density at radius 1 is 1.07 bits per heavy atom. The molecule has 0 saturated carbocycles. The second kappa shape index (κ2) is 10.2. The first kappa shape index (κ1) is 24.8. The Kier molecular flexibility index (Phi) is 8.43. The van der Waals surface area contributed by atoms with E-state index in [-0.39, 0.29) is 35.6 Å². The number of hydrogen-bond acceptors (Lipinski definition) is 5. The topological polar surface area (TPSA) is 113 Å². The first-order chi connectivity index (χ1) is 13.9. The van der Waals surface area contributed by atoms with Crippen LogP contribution in [0.3, 0.4) is 0 Å². The fourth-order valence-corrected chi connectivity index (χ4v) is 6.82. The molecule has 2 rings (SSSR count). The molecule has 0 unspecified atom stereocenters. The molecule has 1 aliphatic rings. The second-order valence-corrected chi connectivity index (χ2v) is 11.5. The summed E-state index contributed by atoms with van der Waals surface area (Å²) in [5.74, 6) is -0.0309. The molecule has 10 heteroatoms. The van der Waals surface area contributed by atoms with Crippen LogP contribution < -0.4 is 9.44 Å². The molecule has 0 aliphatic carbocycles. The third-order valence-electron chi connectivity index (χ3n) is 5.17. The molecule has 0 aromatic heterocycles. The van der Waals surface area contributed by atoms with Gasteiger partial charge in [0.2, 0.25) is 26.0 Å². The Hall–Kier alpha value is -1.49. The van der Waals surface area contributed by atoms with Gasteiger partial charge in [0.1, 0.15) is 0 Å². The van der Waals surface area contributed by atoms with E-state index in [1.54, 1.807) is 18.7 Å². The number of piperidine rings is 1. The van der Waals surface area contributed by atoms with E-state index in [2.05, 4.69) is 9.44 Å². The van der Waals surface area contributed by atoms with Gasteiger partial charge in [0.15, 0.2) is 0 Å². The Balaban J connectivity index is 1.85. The summed E-state index contributed by atoms with van der Waals surface area (Å²) in [5.41, 5.74) is 2.36. The van der Waals surface area contributed by atoms with E-state index < -0.39 is 20.0 Å². The number of nitrogens with one attached hydrogen (secondary N) is 2. The molecule has 2 N–H and O–H groups in total. The van der Waals surface area contributed by atoms with Gasteiger partial charge in [0.25, 0.3) is 0 Å². The summed E-state index contributed by atoms with van der Waals surface area (Å²) in [6.45, 7) is 8.20. The SMILES string of the molecule is CCCS(=O)(=O)NC1CCN(C(=O)CCNS(=O)(=O)c2c(C)cc(C)cc2C)CC1. The van der Waals surface area contributed by atoms with Crippen molar-refractivity contribution in [3.05, 3.63) is 28.8 Å². The largest absolute Gasteiger partial charge is 0.343 e. The van der Waals surface area contributed by atoms with Gasteiger partial charge < -0.3 is 4.90 Å². The van der Waals surface area contributed by atoms with E-state index in [9.17, 15) is 21.6 Å². The van der Waals surface area contributed by atoms with Crippen molar-refractivity contribution in [2.45, 2.75) is 64.3 Å². The minimum Gasteiger partial charge on any atom is -0.343 e. The molecule has 0 spiro atoms. The molecular weight excluding hydrogens is 426 g/mol. The van der Waals surface area contributed by atoms with Gasteiger partial charge in [-0.15, -0.1) is 0 Å². The van der Waals surface area contributed by atoms with Crippen LogP contribution in [0.4, 0.5) is 0 Å². The molecule has 0 radical (unpaired) electrons. The van der Waals surface area contributed by atoms with Gasteiger partial charge in [0.05, 0.1) is 10.6 Å². The molecule has 1 saturated heterocycles. The summed E-state index contributed by atoms with van der Waals surface area (Å²) >= 11 is 0. The van der Waals surface area contributed by atoms with Gasteiger partial charge in [0, 0.05) is 32.1 Å². The Morgan fingerprint density at radius 3 is 2.17 bits per heavy atom. The normalized spacial score (nSPS) is 16.1. The minimum absolute atomic E-state index is 0.0248. The van der Waals surface area contributed by atoms with Crippen molar-refractivity contribution < 1.29 is 21.6 Å². The van der Waals surface area contributed by atoms with Crippen LogP contribution in [-0.2, 0) is 24.8 Å². The fraction of sp³-hybridized carbons (Fsp3) is 0.650. The highest BCUT2D eigenvalue weighted by molar-refractivity contribution is 7.89. The molecule has 1 aliphatic heterocycles. The highest BCUT2D eigenvalue weighted by Gasteiger charge is 2.26. The maximum Gasteiger partial charge on any atom is 0.241 e. The van der Waals surface area contributed by atoms with Crippen LogP contribution in [0.25, 0.3) is 0 Å². The second-order valence-electron chi connectivity index (χ2n) is 7.97. The lowest BCUT2D eigenvalue weighted by Gasteiger charge is -2.32. The Bertz CT molecular complexity index is 943. The lowest BCUT2D eigenvalue weighted by molar-refractivity contribution is -0.132. The average molecular weight is 460 g/mol. The summed E-state index contributed by atoms with van der Waals surface area (Å²) < 4.78 is 54.3. The Labute approximate surface area is 180 Å². The average Bonchev–Trinajstić information content (AvgIpc) is 2.60. The van der Waals surface area contributed by atoms with E-state index in [4.69, 9.17) is 0 Å². The van der Waals surface area contributed by atoms with Crippen molar-refractivity contribution in [3.8, 4) is 0 Å². The quantitative estimate of drug-likeness (QED) is 0.582. The fourth-order valence-electron chi connectivity index (χ4n) is 3.94. The highest BCUT2D eigenvalue weighted by Crippen LogP contribution is 2.21. The number of aryl methyl sites for hydroxylation is 3. The zero-order valence-electron chi connectivity index (χ0n) is 18.2. The zero-order valence-corrected chi connectivity index (χ0v) is 19.8. The van der Waals surface area contributed by atoms with Gasteiger partial charge in [-0.05, 0) is 51.2 Å². The maximum atomic E-state index is 12.7. The van der Waals surface area contributed by atoms with Gasteiger partial charge in [-0.3, -0.25) is 4.79 Å². The molecule has 8 nitrogen and oxygen atoms in total. The molecule has 30 heavy (non-hydrogen) atoms. The van der Waals surface area contributed by atoms with Gasteiger partial charge in [-0.1, -0.05) is 24.6 Å². The summed E-state index contributed by atoms with van der Waals surface area (Å²) in [4.78, 5) is 14.4. The number of nitrogens with zero attached hydrogens (tertiary/aromatic N) is 1. The molecule has 1 fully saturated rings. The molecule has 170 valence electrons. The third-order valence-corrected chi connectivity index (χ3v) is 8.57. The van der Waals surface area contributed by atoms with Crippen molar-refractivity contribution in [3.63, 3.8) is 0 Å². The number of amides is 1. The standard InChI is InChI=1S/C20H33N3O5S2/c1-5-12-29(25,26)22-18-7-10-23(11-8-18)19(24)6-9-21-30(27,28)20-16(3)13-15(2)14-17(20)4/h13-14,18,21-22H,5-12H2,1-4H3. The number of benzene rings is 1. The van der Waals surface area contributed by atoms with Crippen LogP contribution in [0.15, 0.2) is 17.0 Å². The number of rotatable bonds is 9. The number of likely N-dealkylation sites (tertiary alicyclic amines) is 1. The van der Waals surface area contributed by atoms with Crippen LogP contribution in [0.2, 0.25) is 0 Å². The van der Waals surface area contributed by atoms with Crippen molar-refractivity contribution in [2.24, 2.45) is 0 Å². The molecular formula is C20H33N3O5S2. The van der Waals surface area contributed by atoms with Crippen LogP contribution in [0, 0.1) is 20.8 Å². The van der Waals surface area contributed by atoms with Crippen molar-refractivity contribution >= 4 is 26.0 Å². The molecule has 1 aromatic carbocycles. The monoisotopic (exact) mass is 459 g/mol. The molecule has 0 atom stereocenters. The predicted molar refractivity (Wildman–Crippen MR) is 117 cm³/mol. The number of hydrogen-bond donors (Lipinski definition) is 2. The first-order valence-corrected chi connectivity index (χ1v) is 13.4. The molecule has 1 amide bonds. The van der Waals surface area contributed by atoms with Gasteiger partial charge in [-0.2, -0.15) is 0 Å². The summed E-state index contributed by atoms with van der Waals surface area (Å²) in [5, 5.41) is 0. The van der Waals surface area contributed by atoms with Crippen LogP contribution in [0.5, 0.6) is 0 Å². The van der Waals surface area contributed by atoms with E-state index in [0.29, 0.717) is 43.5 Å². The molecule has 1 aromatic rings. The van der Waals surface area contributed by atoms with E-state index >= 15 is 0 Å². The highest BCUT2D eigenvalue weighted by atomic mass is 32.2. The van der Waals surface area contributed by atoms with Gasteiger partial charge >= 0.3 is 0 Å². The zero-order chi connectivity index (χ0) is 22.5. The molecule has 1 heterocycles. The third kappa shape index (κ3) is 6.76. The molecule has 0 bridgehead atoms. The van der Waals surface area contributed by atoms with E-state index in [1.807, 2.05) is 26.0 Å². The van der Waals surface area contributed by atoms with Crippen molar-refractivity contribution in [2.75, 3.05) is 25.4 Å². The summed E-state index contributed by atoms with van der Waals surface area (Å²) in [6.07, 6.45) is 1.74. The predicted octanol–water partition coefficient (Wildman–Crippen LogP) is 1.60. The van der Waals surface area contributed by atoms with Crippen LogP contribution in [0.1, 0.15) is 49.3 Å². The summed E-state index contributed by atoms with van der Waals surface area (Å²) in [7, 11) is -6.96. The van der Waals surface area contributed by atoms with Crippen molar-refractivity contribution in [1.29, 1.82) is 0 Å². The van der Waals surface area contributed by atoms with Crippen molar-refractivity contribution in [1.82, 2.24) is 14.3 Å². The lowest BCUT2D eigenvalue weighted by Crippen LogP contribution is -2.47. The lowest BCUT2D eigenvalue weighted by atomic mass is 10.1. The number of carbonyl (C=O) groups excluding carboxylic acids is 1. The summed E-state index contributed by atoms with van der Waals surface area (Å²) in [6, 6.07) is 3.49. The minimum atomic E-state index is -3.70. The van der Waals surface area contributed by atoms with Crippen LogP contribution in [-0.4, -0.2) is 59.1 Å². The number of carbonyl (C=O) groups is 1. The first-order valence-electron chi connectivity index (χ1n) is 10.3. The smallest absolute Gasteiger partial charge is 0.241 e. The maximum absolute atomic E-state index is 12.7. The van der Waals surface area contributed by atoms with Gasteiger partial charge in [-0.25, -0.2) is 26.3 Å². The van der Waals surface area contributed by atoms with E-state index in [0.717, 1.165) is 5.56 Å². The Morgan fingerprint density at radius 2 is 1.63 bits per heavy atom. The van der Waals surface area contributed by atoms with E-state index in [1.165, 1.54) is 0 Å².